The summed E-state index contributed by atoms with van der Waals surface area (Å²) in [4.78, 5) is 24.7. The summed E-state index contributed by atoms with van der Waals surface area (Å²) in [6, 6.07) is 21.6. The molecule has 1 N–H and O–H groups in total. The Morgan fingerprint density at radius 2 is 1.71 bits per heavy atom. The smallest absolute Gasteiger partial charge is 0.316 e. The molecule has 6 heteroatoms. The van der Waals surface area contributed by atoms with Gasteiger partial charge in [-0.25, -0.2) is 0 Å². The molecule has 0 bridgehead atoms. The number of amides is 1. The average molecular weight is 414 g/mol. The van der Waals surface area contributed by atoms with Crippen LogP contribution in [-0.2, 0) is 20.7 Å². The zero-order valence-corrected chi connectivity index (χ0v) is 16.8. The van der Waals surface area contributed by atoms with Crippen molar-refractivity contribution in [1.29, 1.82) is 0 Å². The van der Waals surface area contributed by atoms with E-state index in [1.165, 1.54) is 11.8 Å². The summed E-state index contributed by atoms with van der Waals surface area (Å²) in [5.41, 5.74) is 1.08. The minimum absolute atomic E-state index is 0.163. The quantitative estimate of drug-likeness (QED) is 0.436. The monoisotopic (exact) mass is 413 g/mol. The summed E-state index contributed by atoms with van der Waals surface area (Å²) in [6.45, 7) is 0.210. The first-order chi connectivity index (χ1) is 13.6. The lowest BCUT2D eigenvalue weighted by atomic mass is 10.1. The predicted molar refractivity (Wildman–Crippen MR) is 114 cm³/mol. The number of benzene rings is 3. The Labute approximate surface area is 173 Å². The summed E-state index contributed by atoms with van der Waals surface area (Å²) < 4.78 is 5.04. The van der Waals surface area contributed by atoms with E-state index < -0.39 is 5.97 Å². The number of hydrogen-bond donors (Lipinski definition) is 1. The first-order valence-corrected chi connectivity index (χ1v) is 10.2. The lowest BCUT2D eigenvalue weighted by Crippen LogP contribution is -2.30. The van der Waals surface area contributed by atoms with Crippen LogP contribution in [0.15, 0.2) is 71.6 Å². The lowest BCUT2D eigenvalue weighted by molar-refractivity contribution is -0.145. The Bertz CT molecular complexity index is 959. The van der Waals surface area contributed by atoms with Crippen molar-refractivity contribution < 1.29 is 14.3 Å². The third kappa shape index (κ3) is 6.29. The Morgan fingerprint density at radius 3 is 2.50 bits per heavy atom. The van der Waals surface area contributed by atoms with E-state index >= 15 is 0 Å². The second-order valence-electron chi connectivity index (χ2n) is 6.18. The van der Waals surface area contributed by atoms with E-state index in [1.807, 2.05) is 66.7 Å². The number of hydrogen-bond acceptors (Lipinski definition) is 4. The average Bonchev–Trinajstić information content (AvgIpc) is 2.72. The van der Waals surface area contributed by atoms with Gasteiger partial charge in [-0.3, -0.25) is 9.59 Å². The van der Waals surface area contributed by atoms with Gasteiger partial charge in [0.2, 0.25) is 0 Å². The molecule has 0 saturated carbocycles. The molecule has 144 valence electrons. The van der Waals surface area contributed by atoms with E-state index in [9.17, 15) is 9.59 Å². The van der Waals surface area contributed by atoms with Gasteiger partial charge in [-0.15, -0.1) is 11.8 Å². The predicted octanol–water partition coefficient (Wildman–Crippen LogP) is 4.49. The van der Waals surface area contributed by atoms with E-state index in [-0.39, 0.29) is 18.3 Å². The highest BCUT2D eigenvalue weighted by Crippen LogP contribution is 2.23. The van der Waals surface area contributed by atoms with Crippen LogP contribution >= 0.6 is 23.4 Å². The molecule has 3 rings (SSSR count). The van der Waals surface area contributed by atoms with Gasteiger partial charge in [-0.05, 0) is 47.0 Å². The van der Waals surface area contributed by atoms with Gasteiger partial charge in [0.25, 0.3) is 5.91 Å². The number of rotatable bonds is 8. The molecule has 0 heterocycles. The molecule has 0 spiro atoms. The zero-order chi connectivity index (χ0) is 19.8. The highest BCUT2D eigenvalue weighted by molar-refractivity contribution is 8.00. The summed E-state index contributed by atoms with van der Waals surface area (Å²) in [7, 11) is 0. The molecule has 0 fully saturated rings. The fourth-order valence-electron chi connectivity index (χ4n) is 2.64. The topological polar surface area (TPSA) is 55.4 Å². The van der Waals surface area contributed by atoms with Crippen LogP contribution in [0.4, 0.5) is 0 Å². The molecule has 28 heavy (non-hydrogen) atoms. The standard InChI is InChI=1S/C22H20ClNO3S/c23-19-8-5-16(6-9-19)11-12-24-21(25)14-27-22(26)15-28-20-10-7-17-3-1-2-4-18(17)13-20/h1-10,13H,11-12,14-15H2,(H,24,25). The van der Waals surface area contributed by atoms with Gasteiger partial charge < -0.3 is 10.1 Å². The van der Waals surface area contributed by atoms with E-state index in [2.05, 4.69) is 5.32 Å². The van der Waals surface area contributed by atoms with Gasteiger partial charge in [0, 0.05) is 16.5 Å². The minimum Gasteiger partial charge on any atom is -0.455 e. The van der Waals surface area contributed by atoms with Crippen LogP contribution in [0.2, 0.25) is 5.02 Å². The first kappa shape index (κ1) is 20.2. The van der Waals surface area contributed by atoms with E-state index in [0.717, 1.165) is 21.2 Å². The maximum absolute atomic E-state index is 11.9. The van der Waals surface area contributed by atoms with Crippen molar-refractivity contribution in [2.45, 2.75) is 11.3 Å². The number of halogens is 1. The van der Waals surface area contributed by atoms with Crippen LogP contribution in [0.25, 0.3) is 10.8 Å². The molecule has 0 atom stereocenters. The molecule has 0 radical (unpaired) electrons. The van der Waals surface area contributed by atoms with Crippen molar-refractivity contribution in [2.24, 2.45) is 0 Å². The van der Waals surface area contributed by atoms with Crippen LogP contribution < -0.4 is 5.32 Å². The summed E-state index contributed by atoms with van der Waals surface area (Å²) >= 11 is 7.23. The maximum Gasteiger partial charge on any atom is 0.316 e. The number of thioether (sulfide) groups is 1. The summed E-state index contributed by atoms with van der Waals surface area (Å²) in [5.74, 6) is -0.555. The summed E-state index contributed by atoms with van der Waals surface area (Å²) in [5, 5.41) is 5.70. The van der Waals surface area contributed by atoms with Gasteiger partial charge >= 0.3 is 5.97 Å². The van der Waals surface area contributed by atoms with Gasteiger partial charge in [-0.1, -0.05) is 54.1 Å². The Balaban J connectivity index is 1.35. The van der Waals surface area contributed by atoms with Crippen molar-refractivity contribution in [3.05, 3.63) is 77.3 Å². The first-order valence-electron chi connectivity index (χ1n) is 8.88. The number of carbonyl (C=O) groups excluding carboxylic acids is 2. The molecule has 0 unspecified atom stereocenters. The fourth-order valence-corrected chi connectivity index (χ4v) is 3.50. The van der Waals surface area contributed by atoms with Gasteiger partial charge in [0.05, 0.1) is 5.75 Å². The highest BCUT2D eigenvalue weighted by atomic mass is 35.5. The largest absolute Gasteiger partial charge is 0.455 e. The van der Waals surface area contributed by atoms with E-state index in [1.54, 1.807) is 0 Å². The third-order valence-electron chi connectivity index (χ3n) is 4.09. The molecular weight excluding hydrogens is 394 g/mol. The van der Waals surface area contributed by atoms with Gasteiger partial charge in [-0.2, -0.15) is 0 Å². The Kier molecular flexibility index (Phi) is 7.34. The van der Waals surface area contributed by atoms with Crippen molar-refractivity contribution in [2.75, 3.05) is 18.9 Å². The molecule has 4 nitrogen and oxygen atoms in total. The zero-order valence-electron chi connectivity index (χ0n) is 15.2. The molecule has 0 aliphatic heterocycles. The Hall–Kier alpha value is -2.50. The van der Waals surface area contributed by atoms with Gasteiger partial charge in [0.1, 0.15) is 0 Å². The number of nitrogens with one attached hydrogen (secondary N) is 1. The summed E-state index contributed by atoms with van der Waals surface area (Å²) in [6.07, 6.45) is 0.689. The number of carbonyl (C=O) groups is 2. The van der Waals surface area contributed by atoms with Crippen LogP contribution in [0.3, 0.4) is 0 Å². The number of fused-ring (bicyclic) bond motifs is 1. The van der Waals surface area contributed by atoms with E-state index in [4.69, 9.17) is 16.3 Å². The molecule has 3 aromatic carbocycles. The highest BCUT2D eigenvalue weighted by Gasteiger charge is 2.08. The lowest BCUT2D eigenvalue weighted by Gasteiger charge is -2.07. The van der Waals surface area contributed by atoms with Crippen molar-refractivity contribution in [3.63, 3.8) is 0 Å². The van der Waals surface area contributed by atoms with Crippen LogP contribution in [0.5, 0.6) is 0 Å². The Morgan fingerprint density at radius 1 is 0.964 bits per heavy atom. The third-order valence-corrected chi connectivity index (χ3v) is 5.31. The normalized spacial score (nSPS) is 10.6. The van der Waals surface area contributed by atoms with Gasteiger partial charge in [0.15, 0.2) is 6.61 Å². The molecule has 0 aliphatic rings. The van der Waals surface area contributed by atoms with Crippen LogP contribution in [0.1, 0.15) is 5.56 Å². The second kappa shape index (κ2) is 10.2. The van der Waals surface area contributed by atoms with Crippen LogP contribution in [-0.4, -0.2) is 30.8 Å². The fraction of sp³-hybridized carbons (Fsp3) is 0.182. The van der Waals surface area contributed by atoms with E-state index in [0.29, 0.717) is 18.0 Å². The number of esters is 1. The molecule has 0 aromatic heterocycles. The van der Waals surface area contributed by atoms with Crippen molar-refractivity contribution in [3.8, 4) is 0 Å². The van der Waals surface area contributed by atoms with Crippen LogP contribution in [0, 0.1) is 0 Å². The minimum atomic E-state index is -0.411. The molecule has 3 aromatic rings. The maximum atomic E-state index is 11.9. The molecule has 0 saturated heterocycles. The number of ether oxygens (including phenoxy) is 1. The van der Waals surface area contributed by atoms with Crippen molar-refractivity contribution >= 4 is 46.0 Å². The van der Waals surface area contributed by atoms with Crippen molar-refractivity contribution in [1.82, 2.24) is 5.32 Å². The molecule has 0 aliphatic carbocycles. The SMILES string of the molecule is O=C(COC(=O)CSc1ccc2ccccc2c1)NCCc1ccc(Cl)cc1. The molecular formula is C22H20ClNO3S. The molecule has 1 amide bonds. The second-order valence-corrected chi connectivity index (χ2v) is 7.67.